The van der Waals surface area contributed by atoms with Crippen LogP contribution in [0.2, 0.25) is 0 Å². The van der Waals surface area contributed by atoms with Gasteiger partial charge >= 0.3 is 0 Å². The highest BCUT2D eigenvalue weighted by molar-refractivity contribution is 5.92. The van der Waals surface area contributed by atoms with E-state index in [0.717, 1.165) is 12.8 Å². The molecule has 0 aliphatic carbocycles. The molecule has 2 heteroatoms. The number of hydrogen-bond donors (Lipinski definition) is 1. The molecule has 0 aromatic rings. The Morgan fingerprint density at radius 2 is 2.08 bits per heavy atom. The molecule has 0 saturated heterocycles. The van der Waals surface area contributed by atoms with Gasteiger partial charge in [-0.15, -0.1) is 0 Å². The first-order chi connectivity index (χ1) is 6.11. The Hall–Kier alpha value is -0.790. The summed E-state index contributed by atoms with van der Waals surface area (Å²) in [6, 6.07) is 0.323. The lowest BCUT2D eigenvalue weighted by Gasteiger charge is -2.16. The second kappa shape index (κ2) is 6.70. The molecule has 1 atom stereocenters. The highest BCUT2D eigenvalue weighted by atomic mass is 16.1. The van der Waals surface area contributed by atoms with Gasteiger partial charge in [0, 0.05) is 11.6 Å². The van der Waals surface area contributed by atoms with E-state index >= 15 is 0 Å². The summed E-state index contributed by atoms with van der Waals surface area (Å²) < 4.78 is 0. The number of nitrogens with one attached hydrogen (secondary N) is 1. The average molecular weight is 183 g/mol. The van der Waals surface area contributed by atoms with Crippen molar-refractivity contribution in [3.05, 3.63) is 12.2 Å². The van der Waals surface area contributed by atoms with E-state index in [0.29, 0.717) is 11.6 Å². The van der Waals surface area contributed by atoms with Crippen LogP contribution in [0.25, 0.3) is 0 Å². The quantitative estimate of drug-likeness (QED) is 0.630. The maximum Gasteiger partial charge on any atom is 0.246 e. The third kappa shape index (κ3) is 5.45. The first kappa shape index (κ1) is 12.2. The van der Waals surface area contributed by atoms with Crippen molar-refractivity contribution >= 4 is 5.91 Å². The van der Waals surface area contributed by atoms with Crippen LogP contribution in [0, 0.1) is 0 Å². The minimum absolute atomic E-state index is 0.0112. The van der Waals surface area contributed by atoms with Crippen LogP contribution < -0.4 is 5.32 Å². The van der Waals surface area contributed by atoms with Gasteiger partial charge in [-0.2, -0.15) is 0 Å². The largest absolute Gasteiger partial charge is 0.350 e. The Labute approximate surface area is 81.4 Å². The average Bonchev–Trinajstić information content (AvgIpc) is 2.11. The van der Waals surface area contributed by atoms with Gasteiger partial charge in [0.05, 0.1) is 0 Å². The lowest BCUT2D eigenvalue weighted by atomic mass is 10.1. The van der Waals surface area contributed by atoms with Crippen LogP contribution in [0.1, 0.15) is 46.5 Å². The fourth-order valence-corrected chi connectivity index (χ4v) is 1.14. The summed E-state index contributed by atoms with van der Waals surface area (Å²) in [7, 11) is 0. The Kier molecular flexibility index (Phi) is 6.29. The van der Waals surface area contributed by atoms with Crippen molar-refractivity contribution in [1.29, 1.82) is 0 Å². The zero-order valence-electron chi connectivity index (χ0n) is 9.02. The monoisotopic (exact) mass is 183 g/mol. The van der Waals surface area contributed by atoms with Gasteiger partial charge in [0.1, 0.15) is 0 Å². The Morgan fingerprint density at radius 3 is 2.46 bits per heavy atom. The van der Waals surface area contributed by atoms with Crippen molar-refractivity contribution in [2.45, 2.75) is 52.5 Å². The summed E-state index contributed by atoms with van der Waals surface area (Å²) >= 11 is 0. The minimum atomic E-state index is -0.0112. The predicted octanol–water partition coefficient (Wildman–Crippen LogP) is 2.65. The molecule has 0 spiro atoms. The van der Waals surface area contributed by atoms with E-state index in [1.54, 1.807) is 6.92 Å². The van der Waals surface area contributed by atoms with Gasteiger partial charge in [-0.25, -0.2) is 0 Å². The fraction of sp³-hybridized carbons (Fsp3) is 0.727. The van der Waals surface area contributed by atoms with E-state index in [4.69, 9.17) is 0 Å². The van der Waals surface area contributed by atoms with Crippen molar-refractivity contribution in [3.8, 4) is 0 Å². The van der Waals surface area contributed by atoms with E-state index in [2.05, 4.69) is 25.7 Å². The predicted molar refractivity (Wildman–Crippen MR) is 56.6 cm³/mol. The maximum atomic E-state index is 11.3. The number of amides is 1. The van der Waals surface area contributed by atoms with E-state index in [-0.39, 0.29) is 5.91 Å². The molecule has 1 unspecified atom stereocenters. The third-order valence-electron chi connectivity index (χ3n) is 2.12. The third-order valence-corrected chi connectivity index (χ3v) is 2.12. The number of unbranched alkanes of at least 4 members (excludes halogenated alkanes) is 1. The SMILES string of the molecule is C=C(C)C(=O)NC(CC)CCCC. The van der Waals surface area contributed by atoms with Crippen LogP contribution in [0.4, 0.5) is 0 Å². The summed E-state index contributed by atoms with van der Waals surface area (Å²) in [6.07, 6.45) is 4.43. The van der Waals surface area contributed by atoms with Crippen LogP contribution in [0.3, 0.4) is 0 Å². The van der Waals surface area contributed by atoms with Gasteiger partial charge < -0.3 is 5.32 Å². The van der Waals surface area contributed by atoms with Crippen LogP contribution in [-0.2, 0) is 4.79 Å². The summed E-state index contributed by atoms with van der Waals surface area (Å²) in [5, 5.41) is 2.96. The molecule has 0 aliphatic rings. The van der Waals surface area contributed by atoms with E-state index in [9.17, 15) is 4.79 Å². The zero-order valence-corrected chi connectivity index (χ0v) is 9.02. The van der Waals surface area contributed by atoms with Crippen molar-refractivity contribution in [2.24, 2.45) is 0 Å². The van der Waals surface area contributed by atoms with Gasteiger partial charge in [0.15, 0.2) is 0 Å². The summed E-state index contributed by atoms with van der Waals surface area (Å²) in [4.78, 5) is 11.3. The molecular formula is C11H21NO. The number of carbonyl (C=O) groups is 1. The van der Waals surface area contributed by atoms with Crippen LogP contribution in [0.5, 0.6) is 0 Å². The molecule has 0 rings (SSSR count). The number of rotatable bonds is 6. The van der Waals surface area contributed by atoms with Crippen LogP contribution >= 0.6 is 0 Å². The number of hydrogen-bond acceptors (Lipinski definition) is 1. The molecule has 76 valence electrons. The lowest BCUT2D eigenvalue weighted by Crippen LogP contribution is -2.34. The summed E-state index contributed by atoms with van der Waals surface area (Å²) in [5.74, 6) is -0.0112. The second-order valence-electron chi connectivity index (χ2n) is 3.50. The smallest absolute Gasteiger partial charge is 0.246 e. The highest BCUT2D eigenvalue weighted by Gasteiger charge is 2.09. The zero-order chi connectivity index (χ0) is 10.3. The van der Waals surface area contributed by atoms with Crippen molar-refractivity contribution in [3.63, 3.8) is 0 Å². The highest BCUT2D eigenvalue weighted by Crippen LogP contribution is 2.04. The Bertz CT molecular complexity index is 175. The lowest BCUT2D eigenvalue weighted by molar-refractivity contribution is -0.118. The topological polar surface area (TPSA) is 29.1 Å². The van der Waals surface area contributed by atoms with Gasteiger partial charge in [0.25, 0.3) is 0 Å². The molecule has 13 heavy (non-hydrogen) atoms. The molecule has 2 nitrogen and oxygen atoms in total. The number of carbonyl (C=O) groups excluding carboxylic acids is 1. The van der Waals surface area contributed by atoms with Crippen molar-refractivity contribution in [2.75, 3.05) is 0 Å². The van der Waals surface area contributed by atoms with E-state index in [1.807, 2.05) is 0 Å². The molecular weight excluding hydrogens is 162 g/mol. The van der Waals surface area contributed by atoms with Crippen molar-refractivity contribution in [1.82, 2.24) is 5.32 Å². The first-order valence-electron chi connectivity index (χ1n) is 5.08. The Morgan fingerprint density at radius 1 is 1.46 bits per heavy atom. The summed E-state index contributed by atoms with van der Waals surface area (Å²) in [6.45, 7) is 9.60. The minimum Gasteiger partial charge on any atom is -0.350 e. The molecule has 0 aromatic carbocycles. The van der Waals surface area contributed by atoms with Gasteiger partial charge in [0.2, 0.25) is 5.91 Å². The second-order valence-corrected chi connectivity index (χ2v) is 3.50. The van der Waals surface area contributed by atoms with E-state index in [1.165, 1.54) is 12.8 Å². The van der Waals surface area contributed by atoms with Crippen LogP contribution in [-0.4, -0.2) is 11.9 Å². The molecule has 0 saturated carbocycles. The molecule has 0 aromatic heterocycles. The van der Waals surface area contributed by atoms with Gasteiger partial charge in [-0.1, -0.05) is 33.3 Å². The fourth-order valence-electron chi connectivity index (χ4n) is 1.14. The normalized spacial score (nSPS) is 12.2. The molecule has 0 radical (unpaired) electrons. The maximum absolute atomic E-state index is 11.3. The van der Waals surface area contributed by atoms with Crippen molar-refractivity contribution < 1.29 is 4.79 Å². The summed E-state index contributed by atoms with van der Waals surface area (Å²) in [5.41, 5.74) is 0.593. The molecule has 0 heterocycles. The van der Waals surface area contributed by atoms with Gasteiger partial charge in [-0.3, -0.25) is 4.79 Å². The molecule has 0 bridgehead atoms. The molecule has 0 aliphatic heterocycles. The van der Waals surface area contributed by atoms with Crippen LogP contribution in [0.15, 0.2) is 12.2 Å². The molecule has 0 fully saturated rings. The Balaban J connectivity index is 3.83. The van der Waals surface area contributed by atoms with Gasteiger partial charge in [-0.05, 0) is 19.8 Å². The molecule has 1 amide bonds. The molecule has 1 N–H and O–H groups in total. The standard InChI is InChI=1S/C11H21NO/c1-5-7-8-10(6-2)12-11(13)9(3)4/h10H,3,5-8H2,1-2,4H3,(H,12,13). The van der Waals surface area contributed by atoms with E-state index < -0.39 is 0 Å². The first-order valence-corrected chi connectivity index (χ1v) is 5.08.